The molecule has 3 unspecified atom stereocenters. The number of carbonyl (C=O) groups excluding carboxylic acids is 1. The Labute approximate surface area is 165 Å². The van der Waals surface area contributed by atoms with Gasteiger partial charge in [0.25, 0.3) is 0 Å². The van der Waals surface area contributed by atoms with E-state index in [0.29, 0.717) is 23.7 Å². The van der Waals surface area contributed by atoms with Crippen LogP contribution in [0.3, 0.4) is 0 Å². The van der Waals surface area contributed by atoms with Crippen molar-refractivity contribution in [3.05, 3.63) is 35.4 Å². The maximum Gasteiger partial charge on any atom is 0.225 e. The number of amides is 1. The van der Waals surface area contributed by atoms with Crippen molar-refractivity contribution in [1.82, 2.24) is 9.80 Å². The van der Waals surface area contributed by atoms with Crippen LogP contribution >= 0.6 is 0 Å². The topological polar surface area (TPSA) is 23.6 Å². The lowest BCUT2D eigenvalue weighted by atomic mass is 9.71. The summed E-state index contributed by atoms with van der Waals surface area (Å²) in [6.07, 6.45) is 7.83. The van der Waals surface area contributed by atoms with Crippen molar-refractivity contribution >= 4 is 5.91 Å². The third-order valence-corrected chi connectivity index (χ3v) is 7.23. The predicted octanol–water partition coefficient (Wildman–Crippen LogP) is 4.32. The smallest absolute Gasteiger partial charge is 0.225 e. The molecule has 0 aromatic heterocycles. The highest BCUT2D eigenvalue weighted by Gasteiger charge is 2.42. The molecule has 2 aliphatic heterocycles. The normalized spacial score (nSPS) is 28.7. The van der Waals surface area contributed by atoms with Crippen molar-refractivity contribution in [2.24, 2.45) is 17.8 Å². The zero-order valence-electron chi connectivity index (χ0n) is 17.2. The number of nitrogens with zero attached hydrogens (tertiary/aromatic N) is 2. The number of fused-ring (bicyclic) bond motifs is 1. The van der Waals surface area contributed by atoms with Gasteiger partial charge in [-0.1, -0.05) is 44.5 Å². The average molecular weight is 369 g/mol. The molecule has 0 bridgehead atoms. The molecule has 1 aliphatic carbocycles. The summed E-state index contributed by atoms with van der Waals surface area (Å²) in [5.41, 5.74) is 2.98. The Morgan fingerprint density at radius 1 is 1.04 bits per heavy atom. The van der Waals surface area contributed by atoms with Gasteiger partial charge in [-0.05, 0) is 74.1 Å². The molecule has 2 heterocycles. The van der Waals surface area contributed by atoms with Crippen molar-refractivity contribution < 1.29 is 4.79 Å². The van der Waals surface area contributed by atoms with Crippen LogP contribution < -0.4 is 0 Å². The molecule has 0 spiro atoms. The lowest BCUT2D eigenvalue weighted by molar-refractivity contribution is -0.133. The number of hydrogen-bond acceptors (Lipinski definition) is 2. The van der Waals surface area contributed by atoms with Crippen LogP contribution in [0.5, 0.6) is 0 Å². The minimum absolute atomic E-state index is 0.124. The molecule has 0 radical (unpaired) electrons. The van der Waals surface area contributed by atoms with Crippen LogP contribution in [0.2, 0.25) is 0 Å². The van der Waals surface area contributed by atoms with E-state index in [-0.39, 0.29) is 5.92 Å². The molecule has 3 atom stereocenters. The third kappa shape index (κ3) is 4.23. The second-order valence-electron chi connectivity index (χ2n) is 9.40. The lowest BCUT2D eigenvalue weighted by Crippen LogP contribution is -2.32. The Morgan fingerprint density at radius 3 is 2.48 bits per heavy atom. The highest BCUT2D eigenvalue weighted by atomic mass is 16.2. The van der Waals surface area contributed by atoms with Crippen LogP contribution in [0.1, 0.15) is 63.0 Å². The molecule has 1 aromatic carbocycles. The van der Waals surface area contributed by atoms with Crippen LogP contribution in [-0.4, -0.2) is 48.4 Å². The molecule has 27 heavy (non-hydrogen) atoms. The molecule has 3 heteroatoms. The highest BCUT2D eigenvalue weighted by molar-refractivity contribution is 5.78. The Bertz CT molecular complexity index is 632. The molecule has 1 aromatic rings. The second kappa shape index (κ2) is 8.34. The average Bonchev–Trinajstić information content (AvgIpc) is 3.35. The van der Waals surface area contributed by atoms with Crippen molar-refractivity contribution in [3.63, 3.8) is 0 Å². The summed E-state index contributed by atoms with van der Waals surface area (Å²) in [7, 11) is 0. The standard InChI is InChI=1S/C24H36N2O/c1-18(2)24(27)26-16-21-6-5-7-22(23(21)17-26)20-10-8-19(9-11-20)12-15-25-13-3-4-14-25/h8-11,18,21-23H,3-7,12-17H2,1-2H3. The fourth-order valence-corrected chi connectivity index (χ4v) is 5.66. The first-order valence-corrected chi connectivity index (χ1v) is 11.2. The van der Waals surface area contributed by atoms with Crippen molar-refractivity contribution in [2.45, 2.75) is 58.3 Å². The first kappa shape index (κ1) is 19.0. The lowest BCUT2D eigenvalue weighted by Gasteiger charge is -2.33. The van der Waals surface area contributed by atoms with E-state index in [4.69, 9.17) is 0 Å². The molecule has 148 valence electrons. The fraction of sp³-hybridized carbons (Fsp3) is 0.708. The Hall–Kier alpha value is -1.35. The minimum atomic E-state index is 0.124. The van der Waals surface area contributed by atoms with Crippen LogP contribution in [0, 0.1) is 17.8 Å². The van der Waals surface area contributed by atoms with Crippen LogP contribution in [0.25, 0.3) is 0 Å². The number of rotatable bonds is 5. The summed E-state index contributed by atoms with van der Waals surface area (Å²) in [5, 5.41) is 0. The minimum Gasteiger partial charge on any atom is -0.342 e. The Morgan fingerprint density at radius 2 is 1.78 bits per heavy atom. The molecular weight excluding hydrogens is 332 g/mol. The van der Waals surface area contributed by atoms with Crippen molar-refractivity contribution in [2.75, 3.05) is 32.7 Å². The number of hydrogen-bond donors (Lipinski definition) is 0. The summed E-state index contributed by atoms with van der Waals surface area (Å²) < 4.78 is 0. The molecule has 1 amide bonds. The largest absolute Gasteiger partial charge is 0.342 e. The van der Waals surface area contributed by atoms with Gasteiger partial charge in [0.15, 0.2) is 0 Å². The van der Waals surface area contributed by atoms with E-state index < -0.39 is 0 Å². The summed E-state index contributed by atoms with van der Waals surface area (Å²) in [6, 6.07) is 9.50. The third-order valence-electron chi connectivity index (χ3n) is 7.23. The van der Waals surface area contributed by atoms with Crippen molar-refractivity contribution in [1.29, 1.82) is 0 Å². The SMILES string of the molecule is CC(C)C(=O)N1CC2CCCC(c3ccc(CCN4CCCC4)cc3)C2C1. The predicted molar refractivity (Wildman–Crippen MR) is 111 cm³/mol. The molecule has 4 rings (SSSR count). The Kier molecular flexibility index (Phi) is 5.87. The maximum atomic E-state index is 12.5. The highest BCUT2D eigenvalue weighted by Crippen LogP contribution is 2.45. The first-order valence-electron chi connectivity index (χ1n) is 11.2. The molecule has 0 N–H and O–H groups in total. The Balaban J connectivity index is 1.39. The van der Waals surface area contributed by atoms with Gasteiger partial charge in [-0.3, -0.25) is 4.79 Å². The van der Waals surface area contributed by atoms with Crippen LogP contribution in [0.15, 0.2) is 24.3 Å². The van der Waals surface area contributed by atoms with Gasteiger partial charge in [-0.25, -0.2) is 0 Å². The summed E-state index contributed by atoms with van der Waals surface area (Å²) >= 11 is 0. The zero-order valence-corrected chi connectivity index (χ0v) is 17.2. The van der Waals surface area contributed by atoms with E-state index in [0.717, 1.165) is 13.1 Å². The number of carbonyl (C=O) groups is 1. The van der Waals surface area contributed by atoms with E-state index in [1.807, 2.05) is 13.8 Å². The molecule has 3 aliphatic rings. The van der Waals surface area contributed by atoms with Gasteiger partial charge in [0.05, 0.1) is 0 Å². The summed E-state index contributed by atoms with van der Waals surface area (Å²) in [5.74, 6) is 2.48. The van der Waals surface area contributed by atoms with Gasteiger partial charge >= 0.3 is 0 Å². The number of benzene rings is 1. The first-order chi connectivity index (χ1) is 13.1. The van der Waals surface area contributed by atoms with Gasteiger partial charge in [-0.15, -0.1) is 0 Å². The van der Waals surface area contributed by atoms with Gasteiger partial charge in [0, 0.05) is 25.6 Å². The van der Waals surface area contributed by atoms with E-state index in [9.17, 15) is 4.79 Å². The quantitative estimate of drug-likeness (QED) is 0.773. The van der Waals surface area contributed by atoms with Crippen LogP contribution in [0.4, 0.5) is 0 Å². The summed E-state index contributed by atoms with van der Waals surface area (Å²) in [6.45, 7) is 9.81. The molecular formula is C24H36N2O. The molecule has 1 saturated carbocycles. The molecule has 3 nitrogen and oxygen atoms in total. The van der Waals surface area contributed by atoms with Crippen LogP contribution in [-0.2, 0) is 11.2 Å². The van der Waals surface area contributed by atoms with E-state index in [2.05, 4.69) is 34.1 Å². The monoisotopic (exact) mass is 368 g/mol. The van der Waals surface area contributed by atoms with Gasteiger partial charge in [0.2, 0.25) is 5.91 Å². The van der Waals surface area contributed by atoms with Gasteiger partial charge < -0.3 is 9.80 Å². The van der Waals surface area contributed by atoms with E-state index in [1.54, 1.807) is 0 Å². The van der Waals surface area contributed by atoms with E-state index >= 15 is 0 Å². The number of likely N-dealkylation sites (tertiary alicyclic amines) is 2. The zero-order chi connectivity index (χ0) is 18.8. The van der Waals surface area contributed by atoms with E-state index in [1.165, 1.54) is 69.3 Å². The summed E-state index contributed by atoms with van der Waals surface area (Å²) in [4.78, 5) is 17.2. The molecule has 3 fully saturated rings. The van der Waals surface area contributed by atoms with Gasteiger partial charge in [-0.2, -0.15) is 0 Å². The fourth-order valence-electron chi connectivity index (χ4n) is 5.66. The maximum absolute atomic E-state index is 12.5. The second-order valence-corrected chi connectivity index (χ2v) is 9.40. The van der Waals surface area contributed by atoms with Crippen molar-refractivity contribution in [3.8, 4) is 0 Å². The molecule has 2 saturated heterocycles. The van der Waals surface area contributed by atoms with Gasteiger partial charge in [0.1, 0.15) is 0 Å².